The normalized spacial score (nSPS) is 10.8. The van der Waals surface area contributed by atoms with Crippen LogP contribution >= 0.6 is 11.6 Å². The number of benzene rings is 2. The Labute approximate surface area is 110 Å². The second kappa shape index (κ2) is 5.56. The number of halogens is 1. The van der Waals surface area contributed by atoms with E-state index in [0.29, 0.717) is 22.6 Å². The van der Waals surface area contributed by atoms with Gasteiger partial charge in [0.2, 0.25) is 0 Å². The minimum Gasteiger partial charge on any atom is -0.298 e. The molecule has 0 atom stereocenters. The van der Waals surface area contributed by atoms with E-state index in [4.69, 9.17) is 11.6 Å². The lowest BCUT2D eigenvalue weighted by molar-refractivity contribution is 0.112. The van der Waals surface area contributed by atoms with Crippen molar-refractivity contribution in [2.45, 2.75) is 6.92 Å². The molecule has 4 heteroatoms. The largest absolute Gasteiger partial charge is 0.298 e. The Balaban J connectivity index is 2.21. The molecule has 0 unspecified atom stereocenters. The third-order valence-corrected chi connectivity index (χ3v) is 2.75. The Morgan fingerprint density at radius 3 is 2.22 bits per heavy atom. The van der Waals surface area contributed by atoms with Crippen molar-refractivity contribution in [1.82, 2.24) is 0 Å². The first kappa shape index (κ1) is 12.5. The topological polar surface area (TPSA) is 41.8 Å². The quantitative estimate of drug-likeness (QED) is 0.572. The number of hydrogen-bond acceptors (Lipinski definition) is 3. The Bertz CT molecular complexity index is 591. The molecule has 0 aliphatic carbocycles. The van der Waals surface area contributed by atoms with E-state index >= 15 is 0 Å². The molecule has 0 saturated heterocycles. The van der Waals surface area contributed by atoms with E-state index in [1.807, 2.05) is 31.2 Å². The third kappa shape index (κ3) is 3.02. The number of carbonyl (C=O) groups excluding carboxylic acids is 1. The average Bonchev–Trinajstić information content (AvgIpc) is 2.38. The van der Waals surface area contributed by atoms with Gasteiger partial charge in [-0.15, -0.1) is 0 Å². The summed E-state index contributed by atoms with van der Waals surface area (Å²) in [7, 11) is 0. The first-order chi connectivity index (χ1) is 8.69. The first-order valence-corrected chi connectivity index (χ1v) is 5.80. The Morgan fingerprint density at radius 1 is 1.00 bits per heavy atom. The second-order valence-electron chi connectivity index (χ2n) is 3.86. The Morgan fingerprint density at radius 2 is 1.61 bits per heavy atom. The summed E-state index contributed by atoms with van der Waals surface area (Å²) in [6.07, 6.45) is 0.712. The van der Waals surface area contributed by atoms with Gasteiger partial charge in [0.25, 0.3) is 0 Å². The molecule has 90 valence electrons. The smallest absolute Gasteiger partial charge is 0.151 e. The highest BCUT2D eigenvalue weighted by atomic mass is 35.5. The number of nitrogens with zero attached hydrogens (tertiary/aromatic N) is 2. The maximum atomic E-state index is 10.6. The van der Waals surface area contributed by atoms with E-state index in [-0.39, 0.29) is 0 Å². The third-order valence-electron chi connectivity index (χ3n) is 2.43. The fourth-order valence-corrected chi connectivity index (χ4v) is 1.62. The second-order valence-corrected chi connectivity index (χ2v) is 4.27. The van der Waals surface area contributed by atoms with Gasteiger partial charge < -0.3 is 0 Å². The summed E-state index contributed by atoms with van der Waals surface area (Å²) in [6.45, 7) is 2.01. The van der Waals surface area contributed by atoms with Crippen LogP contribution in [0.25, 0.3) is 0 Å². The van der Waals surface area contributed by atoms with Crippen LogP contribution in [0.5, 0.6) is 0 Å². The van der Waals surface area contributed by atoms with Gasteiger partial charge in [0.05, 0.1) is 16.4 Å². The number of hydrogen-bond donors (Lipinski definition) is 0. The summed E-state index contributed by atoms with van der Waals surface area (Å²) >= 11 is 5.90. The first-order valence-electron chi connectivity index (χ1n) is 5.42. The molecule has 2 aromatic rings. The number of azo groups is 1. The lowest BCUT2D eigenvalue weighted by Gasteiger charge is -1.97. The number of aldehydes is 1. The van der Waals surface area contributed by atoms with Gasteiger partial charge in [-0.1, -0.05) is 29.3 Å². The summed E-state index contributed by atoms with van der Waals surface area (Å²) in [5.41, 5.74) is 3.01. The van der Waals surface area contributed by atoms with Gasteiger partial charge in [0, 0.05) is 5.56 Å². The highest BCUT2D eigenvalue weighted by molar-refractivity contribution is 6.33. The highest BCUT2D eigenvalue weighted by Crippen LogP contribution is 2.23. The number of rotatable bonds is 3. The van der Waals surface area contributed by atoms with Gasteiger partial charge in [0.1, 0.15) is 0 Å². The molecule has 2 rings (SSSR count). The molecule has 0 radical (unpaired) electrons. The van der Waals surface area contributed by atoms with Crippen LogP contribution in [-0.4, -0.2) is 6.29 Å². The summed E-state index contributed by atoms with van der Waals surface area (Å²) in [5.74, 6) is 0. The van der Waals surface area contributed by atoms with Crippen molar-refractivity contribution in [3.63, 3.8) is 0 Å². The van der Waals surface area contributed by atoms with Gasteiger partial charge in [0.15, 0.2) is 6.29 Å². The monoisotopic (exact) mass is 258 g/mol. The summed E-state index contributed by atoms with van der Waals surface area (Å²) in [4.78, 5) is 10.6. The lowest BCUT2D eigenvalue weighted by atomic mass is 10.2. The maximum Gasteiger partial charge on any atom is 0.151 e. The molecule has 0 saturated carbocycles. The van der Waals surface area contributed by atoms with Gasteiger partial charge >= 0.3 is 0 Å². The standard InChI is InChI=1S/C14H11ClN2O/c1-10-2-5-12(6-3-10)16-17-13-7-4-11(9-18)14(15)8-13/h2-9H,1H3. The molecule has 0 N–H and O–H groups in total. The molecule has 0 spiro atoms. The van der Waals surface area contributed by atoms with E-state index in [2.05, 4.69) is 10.2 Å². The van der Waals surface area contributed by atoms with Crippen LogP contribution in [0.3, 0.4) is 0 Å². The molecular weight excluding hydrogens is 248 g/mol. The van der Waals surface area contributed by atoms with Crippen LogP contribution in [0.1, 0.15) is 15.9 Å². The minimum atomic E-state index is 0.380. The minimum absolute atomic E-state index is 0.380. The van der Waals surface area contributed by atoms with Crippen molar-refractivity contribution in [3.8, 4) is 0 Å². The molecular formula is C14H11ClN2O. The van der Waals surface area contributed by atoms with Gasteiger partial charge in [-0.25, -0.2) is 0 Å². The van der Waals surface area contributed by atoms with Crippen molar-refractivity contribution in [1.29, 1.82) is 0 Å². The van der Waals surface area contributed by atoms with E-state index < -0.39 is 0 Å². The summed E-state index contributed by atoms with van der Waals surface area (Å²) in [6, 6.07) is 12.7. The lowest BCUT2D eigenvalue weighted by Crippen LogP contribution is -1.79. The van der Waals surface area contributed by atoms with E-state index in [1.54, 1.807) is 18.2 Å². The molecule has 0 fully saturated rings. The van der Waals surface area contributed by atoms with Crippen molar-refractivity contribution in [2.24, 2.45) is 10.2 Å². The zero-order valence-electron chi connectivity index (χ0n) is 9.80. The molecule has 0 aromatic heterocycles. The van der Waals surface area contributed by atoms with Crippen molar-refractivity contribution >= 4 is 29.3 Å². The fourth-order valence-electron chi connectivity index (χ4n) is 1.40. The van der Waals surface area contributed by atoms with Crippen LogP contribution in [-0.2, 0) is 0 Å². The van der Waals surface area contributed by atoms with Gasteiger partial charge in [-0.05, 0) is 37.3 Å². The van der Waals surface area contributed by atoms with Crippen LogP contribution in [0.4, 0.5) is 11.4 Å². The van der Waals surface area contributed by atoms with Gasteiger partial charge in [-0.3, -0.25) is 4.79 Å². The molecule has 2 aromatic carbocycles. The van der Waals surface area contributed by atoms with Crippen LogP contribution in [0, 0.1) is 6.92 Å². The zero-order chi connectivity index (χ0) is 13.0. The number of carbonyl (C=O) groups is 1. The molecule has 0 aliphatic rings. The van der Waals surface area contributed by atoms with Crippen LogP contribution in [0.15, 0.2) is 52.7 Å². The Kier molecular flexibility index (Phi) is 3.85. The van der Waals surface area contributed by atoms with E-state index in [1.165, 1.54) is 5.56 Å². The van der Waals surface area contributed by atoms with Crippen LogP contribution in [0.2, 0.25) is 5.02 Å². The average molecular weight is 259 g/mol. The van der Waals surface area contributed by atoms with Crippen molar-refractivity contribution < 1.29 is 4.79 Å². The van der Waals surface area contributed by atoms with Crippen molar-refractivity contribution in [2.75, 3.05) is 0 Å². The summed E-state index contributed by atoms with van der Waals surface area (Å²) in [5, 5.41) is 8.54. The van der Waals surface area contributed by atoms with Crippen LogP contribution < -0.4 is 0 Å². The van der Waals surface area contributed by atoms with E-state index in [9.17, 15) is 4.79 Å². The molecule has 0 amide bonds. The predicted molar refractivity (Wildman–Crippen MR) is 72.2 cm³/mol. The SMILES string of the molecule is Cc1ccc(N=Nc2ccc(C=O)c(Cl)c2)cc1. The fraction of sp³-hybridized carbons (Fsp3) is 0.0714. The molecule has 0 aliphatic heterocycles. The molecule has 0 bridgehead atoms. The van der Waals surface area contributed by atoms with Crippen molar-refractivity contribution in [3.05, 3.63) is 58.6 Å². The number of aryl methyl sites for hydroxylation is 1. The Hall–Kier alpha value is -2.00. The van der Waals surface area contributed by atoms with E-state index in [0.717, 1.165) is 5.69 Å². The predicted octanol–water partition coefficient (Wildman–Crippen LogP) is 4.88. The maximum absolute atomic E-state index is 10.6. The zero-order valence-corrected chi connectivity index (χ0v) is 10.6. The molecule has 0 heterocycles. The molecule has 18 heavy (non-hydrogen) atoms. The van der Waals surface area contributed by atoms with Gasteiger partial charge in [-0.2, -0.15) is 10.2 Å². The molecule has 3 nitrogen and oxygen atoms in total. The highest BCUT2D eigenvalue weighted by Gasteiger charge is 1.99. The summed E-state index contributed by atoms with van der Waals surface area (Å²) < 4.78 is 0.